The normalized spacial score (nSPS) is 21.4. The summed E-state index contributed by atoms with van der Waals surface area (Å²) in [6.45, 7) is 5.35. The predicted octanol–water partition coefficient (Wildman–Crippen LogP) is 1.06. The van der Waals surface area contributed by atoms with Crippen LogP contribution in [-0.4, -0.2) is 63.3 Å². The van der Waals surface area contributed by atoms with Crippen LogP contribution in [0.15, 0.2) is 30.3 Å². The summed E-state index contributed by atoms with van der Waals surface area (Å²) in [5.74, 6) is -1.27. The van der Waals surface area contributed by atoms with E-state index in [1.54, 1.807) is 51.1 Å². The fourth-order valence-corrected chi connectivity index (χ4v) is 3.57. The van der Waals surface area contributed by atoms with E-state index in [2.05, 4.69) is 16.2 Å². The molecule has 31 heavy (non-hydrogen) atoms. The highest BCUT2D eigenvalue weighted by Crippen LogP contribution is 2.28. The molecular formula is C20H27N5O6. The van der Waals surface area contributed by atoms with Crippen LogP contribution in [0.2, 0.25) is 0 Å². The van der Waals surface area contributed by atoms with E-state index in [0.717, 1.165) is 0 Å². The highest BCUT2D eigenvalue weighted by Gasteiger charge is 2.46. The van der Waals surface area contributed by atoms with Gasteiger partial charge < -0.3 is 15.0 Å². The number of alkyl carbamates (subject to hydrolysis) is 1. The number of hydroxylamine groups is 2. The molecule has 3 atom stereocenters. The number of nitrogens with one attached hydrogen (secondary N) is 3. The van der Waals surface area contributed by atoms with Crippen LogP contribution in [0.4, 0.5) is 9.59 Å². The van der Waals surface area contributed by atoms with Gasteiger partial charge in [-0.15, -0.1) is 0 Å². The monoisotopic (exact) mass is 433 g/mol. The molecule has 11 heteroatoms. The largest absolute Gasteiger partial charge is 0.444 e. The Bertz CT molecular complexity index is 855. The number of fused-ring (bicyclic) bond motifs is 2. The van der Waals surface area contributed by atoms with Crippen LogP contribution in [0.25, 0.3) is 0 Å². The average Bonchev–Trinajstić information content (AvgIpc) is 2.93. The molecule has 11 nitrogen and oxygen atoms in total. The molecule has 168 valence electrons. The molecule has 0 saturated carbocycles. The van der Waals surface area contributed by atoms with E-state index in [1.165, 1.54) is 4.90 Å². The minimum Gasteiger partial charge on any atom is -0.444 e. The average molecular weight is 433 g/mol. The van der Waals surface area contributed by atoms with Gasteiger partial charge in [0.25, 0.3) is 11.8 Å². The zero-order valence-corrected chi connectivity index (χ0v) is 17.6. The molecule has 2 fully saturated rings. The molecule has 4 N–H and O–H groups in total. The maximum absolute atomic E-state index is 12.8. The van der Waals surface area contributed by atoms with Crippen molar-refractivity contribution in [1.29, 1.82) is 0 Å². The van der Waals surface area contributed by atoms with Gasteiger partial charge in [0.2, 0.25) is 0 Å². The van der Waals surface area contributed by atoms with Gasteiger partial charge in [-0.05, 0) is 39.2 Å². The van der Waals surface area contributed by atoms with Crippen molar-refractivity contribution in [2.24, 2.45) is 0 Å². The summed E-state index contributed by atoms with van der Waals surface area (Å²) < 4.78 is 5.23. The molecule has 2 saturated heterocycles. The van der Waals surface area contributed by atoms with Crippen LogP contribution >= 0.6 is 0 Å². The highest BCUT2D eigenvalue weighted by molar-refractivity contribution is 5.92. The molecule has 0 radical (unpaired) electrons. The molecule has 2 aliphatic rings. The minimum atomic E-state index is -1.12. The van der Waals surface area contributed by atoms with Crippen molar-refractivity contribution in [3.8, 4) is 0 Å². The number of ether oxygens (including phenoxy) is 1. The molecule has 1 aromatic carbocycles. The lowest BCUT2D eigenvalue weighted by Gasteiger charge is -2.29. The number of nitrogens with zero attached hydrogens (tertiary/aromatic N) is 2. The zero-order chi connectivity index (χ0) is 22.8. The summed E-state index contributed by atoms with van der Waals surface area (Å²) in [4.78, 5) is 50.9. The Balaban J connectivity index is 1.64. The second-order valence-electron chi connectivity index (χ2n) is 8.49. The second kappa shape index (κ2) is 8.80. The molecular weight excluding hydrogens is 406 g/mol. The van der Waals surface area contributed by atoms with Gasteiger partial charge >= 0.3 is 12.1 Å². The van der Waals surface area contributed by atoms with Crippen LogP contribution in [0.5, 0.6) is 0 Å². The molecule has 0 spiro atoms. The second-order valence-corrected chi connectivity index (χ2v) is 8.49. The number of carbonyl (C=O) groups is 4. The topological polar surface area (TPSA) is 140 Å². The number of carbonyl (C=O) groups excluding carboxylic acids is 4. The van der Waals surface area contributed by atoms with E-state index < -0.39 is 41.6 Å². The molecule has 1 aromatic rings. The van der Waals surface area contributed by atoms with Crippen LogP contribution < -0.4 is 16.2 Å². The Kier molecular flexibility index (Phi) is 6.34. The van der Waals surface area contributed by atoms with E-state index in [9.17, 15) is 24.4 Å². The van der Waals surface area contributed by atoms with E-state index in [4.69, 9.17) is 4.74 Å². The number of urea groups is 1. The molecule has 0 aromatic heterocycles. The Morgan fingerprint density at radius 3 is 2.45 bits per heavy atom. The van der Waals surface area contributed by atoms with Gasteiger partial charge in [-0.25, -0.2) is 14.7 Å². The first-order chi connectivity index (χ1) is 14.6. The van der Waals surface area contributed by atoms with Crippen LogP contribution in [0.3, 0.4) is 0 Å². The molecule has 3 rings (SSSR count). The number of hydrazine groups is 1. The van der Waals surface area contributed by atoms with Crippen LogP contribution in [0.1, 0.15) is 45.2 Å². The van der Waals surface area contributed by atoms with E-state index in [-0.39, 0.29) is 12.6 Å². The predicted molar refractivity (Wildman–Crippen MR) is 107 cm³/mol. The Labute approximate surface area is 179 Å². The molecule has 5 amide bonds. The third kappa shape index (κ3) is 5.23. The van der Waals surface area contributed by atoms with Crippen molar-refractivity contribution < 1.29 is 29.1 Å². The summed E-state index contributed by atoms with van der Waals surface area (Å²) in [6, 6.07) is 5.61. The quantitative estimate of drug-likeness (QED) is 0.413. The van der Waals surface area contributed by atoms with Gasteiger partial charge in [0.05, 0.1) is 6.04 Å². The number of hydrogen-bond donors (Lipinski definition) is 4. The third-order valence-electron chi connectivity index (χ3n) is 5.01. The summed E-state index contributed by atoms with van der Waals surface area (Å²) in [6.07, 6.45) is 0.0391. The maximum Gasteiger partial charge on any atom is 0.408 e. The highest BCUT2D eigenvalue weighted by atomic mass is 16.6. The number of benzene rings is 1. The molecule has 1 unspecified atom stereocenters. The molecule has 2 bridgehead atoms. The first kappa shape index (κ1) is 22.3. The van der Waals surface area contributed by atoms with Crippen LogP contribution in [0, 0.1) is 0 Å². The molecule has 0 aliphatic carbocycles. The van der Waals surface area contributed by atoms with Gasteiger partial charge in [-0.2, -0.15) is 0 Å². The van der Waals surface area contributed by atoms with Gasteiger partial charge in [-0.3, -0.25) is 25.6 Å². The number of rotatable bonds is 4. The lowest BCUT2D eigenvalue weighted by molar-refractivity contribution is -0.132. The van der Waals surface area contributed by atoms with E-state index in [0.29, 0.717) is 23.5 Å². The zero-order valence-electron chi connectivity index (χ0n) is 17.6. The number of hydrogen-bond acceptors (Lipinski definition) is 6. The van der Waals surface area contributed by atoms with Crippen molar-refractivity contribution in [3.63, 3.8) is 0 Å². The number of piperidine rings is 1. The Hall–Kier alpha value is -3.34. The van der Waals surface area contributed by atoms with Crippen LogP contribution in [-0.2, 0) is 14.3 Å². The Morgan fingerprint density at radius 2 is 1.81 bits per heavy atom. The standard InChI is InChI=1S/C20H27N5O6/c1-20(2,3)31-18(28)21-15(12-7-5-4-6-8-12)17(27)23-22-16(26)14-10-9-13-11-24(14)19(29)25(13)30/h4-8,13-15,30H,9-11H2,1-3H3,(H,21,28)(H,22,26)(H,23,27)/t13-,14-,15?/m0/s1. The van der Waals surface area contributed by atoms with Gasteiger partial charge in [0, 0.05) is 6.54 Å². The van der Waals surface area contributed by atoms with Crippen molar-refractivity contribution in [1.82, 2.24) is 26.1 Å². The smallest absolute Gasteiger partial charge is 0.408 e. The lowest BCUT2D eigenvalue weighted by Crippen LogP contribution is -2.55. The van der Waals surface area contributed by atoms with Gasteiger partial charge in [-0.1, -0.05) is 30.3 Å². The van der Waals surface area contributed by atoms with Gasteiger partial charge in [0.15, 0.2) is 0 Å². The van der Waals surface area contributed by atoms with Crippen molar-refractivity contribution in [2.45, 2.75) is 57.3 Å². The summed E-state index contributed by atoms with van der Waals surface area (Å²) >= 11 is 0. The van der Waals surface area contributed by atoms with Gasteiger partial charge in [0.1, 0.15) is 17.7 Å². The van der Waals surface area contributed by atoms with E-state index >= 15 is 0 Å². The summed E-state index contributed by atoms with van der Waals surface area (Å²) in [5, 5.41) is 12.9. The first-order valence-electron chi connectivity index (χ1n) is 9.99. The minimum absolute atomic E-state index is 0.244. The fraction of sp³-hybridized carbons (Fsp3) is 0.500. The first-order valence-corrected chi connectivity index (χ1v) is 9.99. The summed E-state index contributed by atoms with van der Waals surface area (Å²) in [7, 11) is 0. The van der Waals surface area contributed by atoms with E-state index in [1.807, 2.05) is 0 Å². The van der Waals surface area contributed by atoms with Crippen molar-refractivity contribution in [3.05, 3.63) is 35.9 Å². The Morgan fingerprint density at radius 1 is 1.13 bits per heavy atom. The maximum atomic E-state index is 12.8. The SMILES string of the molecule is CC(C)(C)OC(=O)NC(C(=O)NNC(=O)[C@@H]1CC[C@H]2CN1C(=O)N2O)c1ccccc1. The molecule has 2 aliphatic heterocycles. The van der Waals surface area contributed by atoms with Crippen molar-refractivity contribution in [2.75, 3.05) is 6.54 Å². The third-order valence-corrected chi connectivity index (χ3v) is 5.01. The molecule has 2 heterocycles. The fourth-order valence-electron chi connectivity index (χ4n) is 3.57. The van der Waals surface area contributed by atoms with Crippen molar-refractivity contribution >= 4 is 23.9 Å². The lowest BCUT2D eigenvalue weighted by atomic mass is 10.0. The number of amides is 5. The summed E-state index contributed by atoms with van der Waals surface area (Å²) in [5.41, 5.74) is 4.37.